The lowest BCUT2D eigenvalue weighted by molar-refractivity contribution is 0.0930. The molecule has 1 aliphatic rings. The number of amides is 1. The fourth-order valence-electron chi connectivity index (χ4n) is 5.25. The van der Waals surface area contributed by atoms with Crippen molar-refractivity contribution in [1.29, 1.82) is 0 Å². The maximum absolute atomic E-state index is 14.0. The van der Waals surface area contributed by atoms with Crippen molar-refractivity contribution < 1.29 is 13.2 Å². The first-order valence-electron chi connectivity index (χ1n) is 13.3. The number of nitrogens with one attached hydrogen (secondary N) is 2. The monoisotopic (exact) mass is 617 g/mol. The average Bonchev–Trinajstić information content (AvgIpc) is 3.24. The number of halogens is 1. The van der Waals surface area contributed by atoms with Gasteiger partial charge in [-0.25, -0.2) is 18.4 Å². The number of rotatable bonds is 7. The maximum Gasteiger partial charge on any atom is 0.263 e. The molecule has 0 saturated heterocycles. The Balaban J connectivity index is 1.57. The van der Waals surface area contributed by atoms with Crippen molar-refractivity contribution in [2.45, 2.75) is 49.6 Å². The molecule has 1 saturated carbocycles. The summed E-state index contributed by atoms with van der Waals surface area (Å²) >= 11 is 3.36. The van der Waals surface area contributed by atoms with Crippen LogP contribution in [0.5, 0.6) is 0 Å². The lowest BCUT2D eigenvalue weighted by Gasteiger charge is -2.23. The van der Waals surface area contributed by atoms with Crippen molar-refractivity contribution in [3.05, 3.63) is 94.5 Å². The Labute approximate surface area is 241 Å². The summed E-state index contributed by atoms with van der Waals surface area (Å²) in [4.78, 5) is 23.8. The van der Waals surface area contributed by atoms with Gasteiger partial charge in [0.15, 0.2) is 5.65 Å². The van der Waals surface area contributed by atoms with Crippen LogP contribution in [0.25, 0.3) is 22.2 Å². The predicted molar refractivity (Wildman–Crippen MR) is 160 cm³/mol. The van der Waals surface area contributed by atoms with E-state index in [9.17, 15) is 13.2 Å². The van der Waals surface area contributed by atoms with Crippen LogP contribution in [0.15, 0.2) is 88.2 Å². The molecule has 1 amide bonds. The summed E-state index contributed by atoms with van der Waals surface area (Å²) in [5, 5.41) is 3.16. The zero-order valence-electron chi connectivity index (χ0n) is 21.7. The minimum absolute atomic E-state index is 0.0260. The highest BCUT2D eigenvalue weighted by molar-refractivity contribution is 9.10. The summed E-state index contributed by atoms with van der Waals surface area (Å²) in [6.45, 7) is 0.291. The smallest absolute Gasteiger partial charge is 0.263 e. The van der Waals surface area contributed by atoms with E-state index in [0.717, 1.165) is 42.1 Å². The number of hydrogen-bond acceptors (Lipinski definition) is 5. The maximum atomic E-state index is 14.0. The van der Waals surface area contributed by atoms with Gasteiger partial charge in [0.1, 0.15) is 16.9 Å². The van der Waals surface area contributed by atoms with Crippen LogP contribution in [0.2, 0.25) is 0 Å². The number of carbonyl (C=O) groups excluding carboxylic acids is 1. The van der Waals surface area contributed by atoms with Gasteiger partial charge in [0, 0.05) is 10.5 Å². The number of hydrogen-bond donors (Lipinski definition) is 2. The Kier molecular flexibility index (Phi) is 7.29. The Morgan fingerprint density at radius 1 is 0.875 bits per heavy atom. The molecule has 1 aliphatic carbocycles. The molecule has 5 aromatic rings. The molecule has 0 bridgehead atoms. The van der Waals surface area contributed by atoms with E-state index in [1.165, 1.54) is 12.1 Å². The highest BCUT2D eigenvalue weighted by Gasteiger charge is 2.30. The normalized spacial score (nSPS) is 14.4. The third kappa shape index (κ3) is 5.33. The molecule has 0 aliphatic heterocycles. The van der Waals surface area contributed by atoms with Gasteiger partial charge in [-0.05, 0) is 54.8 Å². The number of anilines is 1. The van der Waals surface area contributed by atoms with Crippen molar-refractivity contribution in [2.75, 3.05) is 4.72 Å². The molecule has 204 valence electrons. The first-order valence-corrected chi connectivity index (χ1v) is 15.6. The largest absolute Gasteiger partial charge is 0.349 e. The van der Waals surface area contributed by atoms with Crippen LogP contribution in [0, 0.1) is 0 Å². The molecule has 0 atom stereocenters. The zero-order chi connectivity index (χ0) is 27.7. The van der Waals surface area contributed by atoms with E-state index < -0.39 is 10.0 Å². The van der Waals surface area contributed by atoms with E-state index in [2.05, 4.69) is 26.0 Å². The number of benzene rings is 3. The molecule has 1 fully saturated rings. The van der Waals surface area contributed by atoms with Crippen LogP contribution in [-0.4, -0.2) is 34.9 Å². The average molecular weight is 619 g/mol. The van der Waals surface area contributed by atoms with Gasteiger partial charge < -0.3 is 9.88 Å². The van der Waals surface area contributed by atoms with Crippen molar-refractivity contribution >= 4 is 59.9 Å². The molecule has 2 N–H and O–H groups in total. The quantitative estimate of drug-likeness (QED) is 0.224. The highest BCUT2D eigenvalue weighted by atomic mass is 79.9. The number of para-hydroxylation sites is 2. The van der Waals surface area contributed by atoms with Gasteiger partial charge in [-0.15, -0.1) is 0 Å². The zero-order valence-corrected chi connectivity index (χ0v) is 24.1. The van der Waals surface area contributed by atoms with Gasteiger partial charge in [0.2, 0.25) is 0 Å². The van der Waals surface area contributed by atoms with Gasteiger partial charge in [0.05, 0.1) is 22.5 Å². The predicted octanol–water partition coefficient (Wildman–Crippen LogP) is 6.26. The highest BCUT2D eigenvalue weighted by Crippen LogP contribution is 2.33. The second-order valence-corrected chi connectivity index (χ2v) is 12.6. The number of nitrogens with zero attached hydrogens (tertiary/aromatic N) is 3. The summed E-state index contributed by atoms with van der Waals surface area (Å²) in [5.74, 6) is -0.216. The van der Waals surface area contributed by atoms with Crippen LogP contribution in [0.4, 0.5) is 5.82 Å². The van der Waals surface area contributed by atoms with E-state index in [1.807, 2.05) is 54.6 Å². The molecule has 2 heterocycles. The summed E-state index contributed by atoms with van der Waals surface area (Å²) in [6.07, 6.45) is 5.03. The van der Waals surface area contributed by atoms with Gasteiger partial charge in [-0.2, -0.15) is 0 Å². The van der Waals surface area contributed by atoms with Gasteiger partial charge in [0.25, 0.3) is 15.9 Å². The molecule has 0 unspecified atom stereocenters. The van der Waals surface area contributed by atoms with E-state index >= 15 is 0 Å². The van der Waals surface area contributed by atoms with Gasteiger partial charge in [-0.1, -0.05) is 77.7 Å². The van der Waals surface area contributed by atoms with Gasteiger partial charge >= 0.3 is 0 Å². The minimum atomic E-state index is -4.06. The number of fused-ring (bicyclic) bond motifs is 2. The molecule has 2 aromatic heterocycles. The molecular formula is C30H28BrN5O3S. The van der Waals surface area contributed by atoms with Gasteiger partial charge in [-0.3, -0.25) is 9.52 Å². The Morgan fingerprint density at radius 3 is 2.23 bits per heavy atom. The molecule has 40 heavy (non-hydrogen) atoms. The van der Waals surface area contributed by atoms with Crippen LogP contribution < -0.4 is 10.0 Å². The number of carbonyl (C=O) groups is 1. The van der Waals surface area contributed by atoms with Crippen molar-refractivity contribution in [3.8, 4) is 0 Å². The SMILES string of the molecule is O=C(NC1CCCCC1)c1c(NS(=O)(=O)c2ccc(Br)cc2)n(Cc2ccccc2)c2nc3ccccc3nc12. The van der Waals surface area contributed by atoms with Crippen LogP contribution in [-0.2, 0) is 16.6 Å². The van der Waals surface area contributed by atoms with Crippen LogP contribution in [0.3, 0.4) is 0 Å². The molecule has 3 aromatic carbocycles. The summed E-state index contributed by atoms with van der Waals surface area (Å²) in [6, 6.07) is 23.5. The standard InChI is InChI=1S/C30H28BrN5O3S/c31-21-15-17-23(18-16-21)40(38,39)35-28-26(30(37)32-22-11-5-2-6-12-22)27-29(34-25-14-8-7-13-24(25)33-27)36(28)19-20-9-3-1-4-10-20/h1,3-4,7-10,13-18,22,35H,2,5-6,11-12,19H2,(H,32,37). The fourth-order valence-corrected chi connectivity index (χ4v) is 6.59. The molecule has 8 nitrogen and oxygen atoms in total. The Bertz CT molecular complexity index is 1800. The Morgan fingerprint density at radius 2 is 1.52 bits per heavy atom. The minimum Gasteiger partial charge on any atom is -0.349 e. The number of aromatic nitrogens is 3. The van der Waals surface area contributed by atoms with Crippen LogP contribution in [0.1, 0.15) is 48.0 Å². The second-order valence-electron chi connectivity index (χ2n) is 10.0. The number of sulfonamides is 1. The van der Waals surface area contributed by atoms with E-state index in [1.54, 1.807) is 16.7 Å². The molecule has 10 heteroatoms. The first-order chi connectivity index (χ1) is 19.4. The third-order valence-electron chi connectivity index (χ3n) is 7.26. The van der Waals surface area contributed by atoms with Crippen molar-refractivity contribution in [1.82, 2.24) is 19.9 Å². The molecule has 6 rings (SSSR count). The molecular weight excluding hydrogens is 590 g/mol. The molecule has 0 radical (unpaired) electrons. The Hall–Kier alpha value is -3.76. The lowest BCUT2D eigenvalue weighted by atomic mass is 9.95. The van der Waals surface area contributed by atoms with E-state index in [4.69, 9.17) is 9.97 Å². The van der Waals surface area contributed by atoms with E-state index in [0.29, 0.717) is 28.7 Å². The fraction of sp³-hybridized carbons (Fsp3) is 0.233. The first kappa shape index (κ1) is 26.5. The van der Waals surface area contributed by atoms with Crippen LogP contribution >= 0.6 is 15.9 Å². The summed E-state index contributed by atoms with van der Waals surface area (Å²) in [5.41, 5.74) is 3.18. The van der Waals surface area contributed by atoms with Crippen molar-refractivity contribution in [2.24, 2.45) is 0 Å². The lowest BCUT2D eigenvalue weighted by Crippen LogP contribution is -2.36. The summed E-state index contributed by atoms with van der Waals surface area (Å²) < 4.78 is 32.6. The topological polar surface area (TPSA) is 106 Å². The van der Waals surface area contributed by atoms with E-state index in [-0.39, 0.29) is 28.2 Å². The second kappa shape index (κ2) is 11.0. The molecule has 0 spiro atoms. The van der Waals surface area contributed by atoms with Crippen molar-refractivity contribution in [3.63, 3.8) is 0 Å². The summed E-state index contributed by atoms with van der Waals surface area (Å²) in [7, 11) is -4.06. The third-order valence-corrected chi connectivity index (χ3v) is 9.14.